The van der Waals surface area contributed by atoms with Gasteiger partial charge in [0.1, 0.15) is 0 Å². The molecule has 0 fully saturated rings. The highest BCUT2D eigenvalue weighted by Gasteiger charge is 2.39. The maximum absolute atomic E-state index is 11.7. The highest BCUT2D eigenvalue weighted by Crippen LogP contribution is 2.39. The molecule has 0 radical (unpaired) electrons. The quantitative estimate of drug-likeness (QED) is 0.696. The summed E-state index contributed by atoms with van der Waals surface area (Å²) in [4.78, 5) is 23.0. The van der Waals surface area contributed by atoms with Crippen molar-refractivity contribution in [3.63, 3.8) is 0 Å². The van der Waals surface area contributed by atoms with E-state index in [0.29, 0.717) is 25.2 Å². The monoisotopic (exact) mass is 260 g/mol. The summed E-state index contributed by atoms with van der Waals surface area (Å²) < 4.78 is -0.677. The zero-order valence-electron chi connectivity index (χ0n) is 11.2. The molecule has 0 aromatic carbocycles. The number of hydrogen-bond acceptors (Lipinski definition) is 3. The molecule has 0 saturated carbocycles. The number of primary amides is 2. The molecule has 0 aromatic rings. The summed E-state index contributed by atoms with van der Waals surface area (Å²) >= 11 is 1.33. The van der Waals surface area contributed by atoms with Crippen molar-refractivity contribution in [2.45, 2.75) is 57.0 Å². The van der Waals surface area contributed by atoms with Gasteiger partial charge >= 0.3 is 0 Å². The minimum absolute atomic E-state index is 0.346. The third-order valence-electron chi connectivity index (χ3n) is 2.81. The van der Waals surface area contributed by atoms with E-state index in [0.717, 1.165) is 0 Å². The molecule has 4 N–H and O–H groups in total. The fourth-order valence-electron chi connectivity index (χ4n) is 1.88. The highest BCUT2D eigenvalue weighted by molar-refractivity contribution is 8.02. The van der Waals surface area contributed by atoms with Crippen molar-refractivity contribution < 1.29 is 9.59 Å². The smallest absolute Gasteiger partial charge is 0.233 e. The first kappa shape index (κ1) is 16.3. The Bertz CT molecular complexity index is 282. The lowest BCUT2D eigenvalue weighted by molar-refractivity contribution is -0.120. The van der Waals surface area contributed by atoms with E-state index in [4.69, 9.17) is 11.5 Å². The molecule has 0 aromatic heterocycles. The molecule has 0 unspecified atom stereocenters. The minimum Gasteiger partial charge on any atom is -0.369 e. The summed E-state index contributed by atoms with van der Waals surface area (Å²) in [5.74, 6) is -0.376. The van der Waals surface area contributed by atoms with Crippen LogP contribution in [0.15, 0.2) is 0 Å². The molecule has 0 heterocycles. The molecule has 0 aliphatic rings. The van der Waals surface area contributed by atoms with Crippen molar-refractivity contribution >= 4 is 23.6 Å². The second kappa shape index (κ2) is 6.89. The molecule has 100 valence electrons. The van der Waals surface area contributed by atoms with Crippen LogP contribution in [0.25, 0.3) is 0 Å². The molecule has 0 saturated heterocycles. The Labute approximate surface area is 108 Å². The van der Waals surface area contributed by atoms with Crippen molar-refractivity contribution in [3.8, 4) is 0 Å². The molecule has 2 amide bonds. The van der Waals surface area contributed by atoms with E-state index < -0.39 is 4.75 Å². The molecule has 0 spiro atoms. The summed E-state index contributed by atoms with van der Waals surface area (Å²) in [6, 6.07) is 0. The molecule has 0 rings (SSSR count). The van der Waals surface area contributed by atoms with Gasteiger partial charge in [0.25, 0.3) is 0 Å². The largest absolute Gasteiger partial charge is 0.369 e. The Kier molecular flexibility index (Phi) is 6.60. The zero-order chi connectivity index (χ0) is 13.6. The van der Waals surface area contributed by atoms with Gasteiger partial charge in [0.15, 0.2) is 0 Å². The Balaban J connectivity index is 5.03. The van der Waals surface area contributed by atoms with Crippen molar-refractivity contribution in [2.75, 3.05) is 0 Å². The van der Waals surface area contributed by atoms with Crippen molar-refractivity contribution in [1.82, 2.24) is 0 Å². The van der Waals surface area contributed by atoms with Crippen LogP contribution < -0.4 is 11.5 Å². The van der Waals surface area contributed by atoms with Gasteiger partial charge in [-0.25, -0.2) is 0 Å². The number of carbonyl (C=O) groups is 2. The number of carbonyl (C=O) groups excluding carboxylic acids is 2. The summed E-state index contributed by atoms with van der Waals surface area (Å²) in [5.41, 5.74) is 10.8. The van der Waals surface area contributed by atoms with Crippen LogP contribution in [0, 0.1) is 5.92 Å². The molecule has 0 aliphatic heterocycles. The lowest BCUT2D eigenvalue weighted by Gasteiger charge is -2.33. The van der Waals surface area contributed by atoms with E-state index in [9.17, 15) is 9.59 Å². The second-order valence-corrected chi connectivity index (χ2v) is 6.31. The number of amides is 2. The topological polar surface area (TPSA) is 86.2 Å². The fraction of sp³-hybridized carbons (Fsp3) is 0.833. The predicted octanol–water partition coefficient (Wildman–Crippen LogP) is 1.66. The predicted molar refractivity (Wildman–Crippen MR) is 72.5 cm³/mol. The molecular weight excluding hydrogens is 236 g/mol. The van der Waals surface area contributed by atoms with E-state index in [-0.39, 0.29) is 17.1 Å². The number of hydrogen-bond donors (Lipinski definition) is 2. The summed E-state index contributed by atoms with van der Waals surface area (Å²) in [5, 5.41) is -0.346. The maximum Gasteiger partial charge on any atom is 0.233 e. The van der Waals surface area contributed by atoms with Crippen LogP contribution in [-0.2, 0) is 9.59 Å². The zero-order valence-corrected chi connectivity index (χ0v) is 12.0. The van der Waals surface area contributed by atoms with Crippen molar-refractivity contribution in [2.24, 2.45) is 17.4 Å². The molecule has 17 heavy (non-hydrogen) atoms. The highest BCUT2D eigenvalue weighted by atomic mass is 32.2. The molecule has 5 heteroatoms. The van der Waals surface area contributed by atoms with Gasteiger partial charge < -0.3 is 11.5 Å². The van der Waals surface area contributed by atoms with Gasteiger partial charge in [0.05, 0.1) is 10.00 Å². The standard InChI is InChI=1S/C12H24N2O2S/c1-5-9(10(13)15)17-12(6-2,11(14)16)7-8(3)4/h8-9H,5-7H2,1-4H3,(H2,13,15)(H2,14,16)/t9-,12-/m0/s1. The SMILES string of the molecule is CC[C@H](S[C@@](CC)(CC(C)C)C(N)=O)C(N)=O. The Hall–Kier alpha value is -0.710. The average Bonchev–Trinajstić information content (AvgIpc) is 2.22. The van der Waals surface area contributed by atoms with Gasteiger partial charge in [-0.05, 0) is 25.2 Å². The summed E-state index contributed by atoms with van der Waals surface area (Å²) in [6.07, 6.45) is 1.91. The molecule has 2 atom stereocenters. The lowest BCUT2D eigenvalue weighted by atomic mass is 9.93. The van der Waals surface area contributed by atoms with Crippen LogP contribution in [0.1, 0.15) is 47.0 Å². The molecule has 0 bridgehead atoms. The number of thioether (sulfide) groups is 1. The van der Waals surface area contributed by atoms with Gasteiger partial charge in [-0.3, -0.25) is 9.59 Å². The number of nitrogens with two attached hydrogens (primary N) is 2. The Morgan fingerprint density at radius 3 is 2.00 bits per heavy atom. The van der Waals surface area contributed by atoms with Gasteiger partial charge in [0.2, 0.25) is 11.8 Å². The minimum atomic E-state index is -0.677. The van der Waals surface area contributed by atoms with Crippen molar-refractivity contribution in [3.05, 3.63) is 0 Å². The summed E-state index contributed by atoms with van der Waals surface area (Å²) in [7, 11) is 0. The van der Waals surface area contributed by atoms with E-state index in [1.807, 2.05) is 27.7 Å². The van der Waals surface area contributed by atoms with Crippen LogP contribution >= 0.6 is 11.8 Å². The molecular formula is C12H24N2O2S. The van der Waals surface area contributed by atoms with Crippen LogP contribution in [0.4, 0.5) is 0 Å². The fourth-order valence-corrected chi connectivity index (χ4v) is 3.42. The van der Waals surface area contributed by atoms with Gasteiger partial charge in [0, 0.05) is 0 Å². The summed E-state index contributed by atoms with van der Waals surface area (Å²) in [6.45, 7) is 7.89. The van der Waals surface area contributed by atoms with E-state index >= 15 is 0 Å². The molecule has 0 aliphatic carbocycles. The lowest BCUT2D eigenvalue weighted by Crippen LogP contribution is -2.44. The van der Waals surface area contributed by atoms with Crippen LogP contribution in [0.5, 0.6) is 0 Å². The third kappa shape index (κ3) is 4.58. The van der Waals surface area contributed by atoms with Gasteiger partial charge in [-0.1, -0.05) is 27.7 Å². The van der Waals surface area contributed by atoms with Crippen LogP contribution in [-0.4, -0.2) is 21.8 Å². The van der Waals surface area contributed by atoms with Gasteiger partial charge in [-0.15, -0.1) is 11.8 Å². The molecule has 4 nitrogen and oxygen atoms in total. The van der Waals surface area contributed by atoms with Gasteiger partial charge in [-0.2, -0.15) is 0 Å². The van der Waals surface area contributed by atoms with Crippen LogP contribution in [0.3, 0.4) is 0 Å². The Morgan fingerprint density at radius 1 is 1.24 bits per heavy atom. The average molecular weight is 260 g/mol. The van der Waals surface area contributed by atoms with E-state index in [2.05, 4.69) is 0 Å². The normalized spacial score (nSPS) is 16.5. The first-order valence-corrected chi connectivity index (χ1v) is 6.94. The first-order valence-electron chi connectivity index (χ1n) is 6.06. The van der Waals surface area contributed by atoms with Crippen LogP contribution in [0.2, 0.25) is 0 Å². The van der Waals surface area contributed by atoms with E-state index in [1.165, 1.54) is 11.8 Å². The third-order valence-corrected chi connectivity index (χ3v) is 4.77. The maximum atomic E-state index is 11.7. The first-order chi connectivity index (χ1) is 7.79. The Morgan fingerprint density at radius 2 is 1.76 bits per heavy atom. The second-order valence-electron chi connectivity index (χ2n) is 4.73. The van der Waals surface area contributed by atoms with E-state index in [1.54, 1.807) is 0 Å². The number of rotatable bonds is 8. The van der Waals surface area contributed by atoms with Crippen molar-refractivity contribution in [1.29, 1.82) is 0 Å².